The molecule has 0 fully saturated rings. The van der Waals surface area contributed by atoms with Crippen LogP contribution in [0.4, 0.5) is 0 Å². The van der Waals surface area contributed by atoms with Crippen molar-refractivity contribution in [3.8, 4) is 11.5 Å². The van der Waals surface area contributed by atoms with E-state index in [1.807, 2.05) is 35.6 Å². The molecule has 0 amide bonds. The fourth-order valence-corrected chi connectivity index (χ4v) is 4.12. The number of para-hydroxylation sites is 2. The summed E-state index contributed by atoms with van der Waals surface area (Å²) < 4.78 is 11.8. The van der Waals surface area contributed by atoms with Crippen molar-refractivity contribution in [2.75, 3.05) is 13.2 Å². The molecule has 0 radical (unpaired) electrons. The van der Waals surface area contributed by atoms with Gasteiger partial charge in [-0.05, 0) is 48.4 Å². The van der Waals surface area contributed by atoms with Crippen LogP contribution in [0.25, 0.3) is 0 Å². The minimum atomic E-state index is 0.0870. The van der Waals surface area contributed by atoms with Crippen molar-refractivity contribution >= 4 is 11.3 Å². The van der Waals surface area contributed by atoms with Gasteiger partial charge in [0.2, 0.25) is 0 Å². The second-order valence-electron chi connectivity index (χ2n) is 5.65. The Morgan fingerprint density at radius 3 is 3.05 bits per heavy atom. The van der Waals surface area contributed by atoms with Crippen LogP contribution < -0.4 is 14.8 Å². The van der Waals surface area contributed by atoms with Crippen LogP contribution in [0.15, 0.2) is 35.7 Å². The number of fused-ring (bicyclic) bond motifs is 2. The number of nitrogens with one attached hydrogen (secondary N) is 1. The zero-order chi connectivity index (χ0) is 14.1. The van der Waals surface area contributed by atoms with Crippen LogP contribution in [0.2, 0.25) is 0 Å². The standard InChI is InChI=1S/C17H19NO2S/c1-2-6-16-15(5-1)19-11-12(20-16)10-18-14-4-3-7-17-13(14)8-9-21-17/h1-2,5-6,8-9,12,14,18H,3-4,7,10-11H2. The average Bonchev–Trinajstić information content (AvgIpc) is 3.02. The Morgan fingerprint density at radius 2 is 2.10 bits per heavy atom. The minimum Gasteiger partial charge on any atom is -0.486 e. The largest absolute Gasteiger partial charge is 0.486 e. The Bertz CT molecular complexity index is 625. The molecule has 0 saturated carbocycles. The van der Waals surface area contributed by atoms with E-state index in [1.165, 1.54) is 24.8 Å². The summed E-state index contributed by atoms with van der Waals surface area (Å²) in [7, 11) is 0. The molecule has 21 heavy (non-hydrogen) atoms. The molecule has 2 unspecified atom stereocenters. The van der Waals surface area contributed by atoms with Crippen molar-refractivity contribution in [2.24, 2.45) is 0 Å². The maximum atomic E-state index is 6.01. The highest BCUT2D eigenvalue weighted by molar-refractivity contribution is 7.10. The first-order valence-corrected chi connectivity index (χ1v) is 8.46. The van der Waals surface area contributed by atoms with Crippen LogP contribution in [0.5, 0.6) is 11.5 Å². The van der Waals surface area contributed by atoms with Gasteiger partial charge in [-0.2, -0.15) is 0 Å². The summed E-state index contributed by atoms with van der Waals surface area (Å²) in [6, 6.07) is 10.6. The molecule has 1 aromatic carbocycles. The lowest BCUT2D eigenvalue weighted by molar-refractivity contribution is 0.0876. The summed E-state index contributed by atoms with van der Waals surface area (Å²) in [6.45, 7) is 1.45. The molecule has 3 nitrogen and oxygen atoms in total. The second kappa shape index (κ2) is 5.70. The van der Waals surface area contributed by atoms with Crippen LogP contribution in [-0.4, -0.2) is 19.3 Å². The highest BCUT2D eigenvalue weighted by atomic mass is 32.1. The van der Waals surface area contributed by atoms with Crippen molar-refractivity contribution in [3.05, 3.63) is 46.2 Å². The Balaban J connectivity index is 1.39. The monoisotopic (exact) mass is 301 g/mol. The molecule has 1 N–H and O–H groups in total. The fraction of sp³-hybridized carbons (Fsp3) is 0.412. The average molecular weight is 301 g/mol. The van der Waals surface area contributed by atoms with Gasteiger partial charge in [-0.3, -0.25) is 0 Å². The number of thiophene rings is 1. The Labute approximate surface area is 128 Å². The van der Waals surface area contributed by atoms with E-state index < -0.39 is 0 Å². The van der Waals surface area contributed by atoms with Gasteiger partial charge in [0.05, 0.1) is 0 Å². The Kier molecular flexibility index (Phi) is 3.57. The van der Waals surface area contributed by atoms with E-state index in [-0.39, 0.29) is 6.10 Å². The van der Waals surface area contributed by atoms with Gasteiger partial charge in [0, 0.05) is 17.5 Å². The molecule has 110 valence electrons. The van der Waals surface area contributed by atoms with Gasteiger partial charge in [0.25, 0.3) is 0 Å². The SMILES string of the molecule is c1ccc2c(c1)OCC(CNC1CCCc3sccc31)O2. The number of hydrogen-bond donors (Lipinski definition) is 1. The van der Waals surface area contributed by atoms with Crippen molar-refractivity contribution in [1.29, 1.82) is 0 Å². The first kappa shape index (κ1) is 13.2. The lowest BCUT2D eigenvalue weighted by Gasteiger charge is -2.29. The quantitative estimate of drug-likeness (QED) is 0.940. The summed E-state index contributed by atoms with van der Waals surface area (Å²) in [5, 5.41) is 5.88. The molecule has 0 spiro atoms. The number of benzene rings is 1. The van der Waals surface area contributed by atoms with E-state index >= 15 is 0 Å². The van der Waals surface area contributed by atoms with Crippen LogP contribution in [-0.2, 0) is 6.42 Å². The molecule has 0 bridgehead atoms. The Morgan fingerprint density at radius 1 is 1.19 bits per heavy atom. The predicted molar refractivity (Wildman–Crippen MR) is 84.4 cm³/mol. The van der Waals surface area contributed by atoms with Crippen LogP contribution in [0.1, 0.15) is 29.3 Å². The second-order valence-corrected chi connectivity index (χ2v) is 6.65. The van der Waals surface area contributed by atoms with Gasteiger partial charge in [-0.1, -0.05) is 12.1 Å². The number of hydrogen-bond acceptors (Lipinski definition) is 4. The smallest absolute Gasteiger partial charge is 0.161 e. The molecule has 1 aromatic heterocycles. The van der Waals surface area contributed by atoms with Gasteiger partial charge < -0.3 is 14.8 Å². The van der Waals surface area contributed by atoms with E-state index in [2.05, 4.69) is 16.8 Å². The molecule has 1 aliphatic heterocycles. The summed E-state index contributed by atoms with van der Waals surface area (Å²) in [5.74, 6) is 1.71. The zero-order valence-electron chi connectivity index (χ0n) is 11.9. The van der Waals surface area contributed by atoms with Crippen LogP contribution in [0.3, 0.4) is 0 Å². The lowest BCUT2D eigenvalue weighted by Crippen LogP contribution is -2.40. The molecular weight excluding hydrogens is 282 g/mol. The number of aryl methyl sites for hydroxylation is 1. The summed E-state index contributed by atoms with van der Waals surface area (Å²) in [4.78, 5) is 1.55. The molecular formula is C17H19NO2S. The van der Waals surface area contributed by atoms with Crippen LogP contribution in [0, 0.1) is 0 Å². The molecule has 1 aliphatic carbocycles. The number of ether oxygens (including phenoxy) is 2. The lowest BCUT2D eigenvalue weighted by atomic mass is 9.94. The van der Waals surface area contributed by atoms with Gasteiger partial charge >= 0.3 is 0 Å². The van der Waals surface area contributed by atoms with Gasteiger partial charge in [-0.15, -0.1) is 11.3 Å². The van der Waals surface area contributed by atoms with E-state index in [4.69, 9.17) is 9.47 Å². The molecule has 2 atom stereocenters. The fourth-order valence-electron chi connectivity index (χ4n) is 3.14. The molecule has 0 saturated heterocycles. The first-order chi connectivity index (χ1) is 10.4. The third-order valence-electron chi connectivity index (χ3n) is 4.21. The predicted octanol–water partition coefficient (Wildman–Crippen LogP) is 3.56. The Hall–Kier alpha value is -1.52. The molecule has 2 aromatic rings. The molecule has 2 heterocycles. The maximum absolute atomic E-state index is 6.01. The molecule has 4 heteroatoms. The van der Waals surface area contributed by atoms with Gasteiger partial charge in [-0.25, -0.2) is 0 Å². The number of rotatable bonds is 3. The third-order valence-corrected chi connectivity index (χ3v) is 5.21. The first-order valence-electron chi connectivity index (χ1n) is 7.58. The van der Waals surface area contributed by atoms with E-state index in [0.717, 1.165) is 18.0 Å². The van der Waals surface area contributed by atoms with Crippen molar-refractivity contribution in [1.82, 2.24) is 5.32 Å². The summed E-state index contributed by atoms with van der Waals surface area (Å²) >= 11 is 1.89. The zero-order valence-corrected chi connectivity index (χ0v) is 12.7. The van der Waals surface area contributed by atoms with Crippen molar-refractivity contribution in [2.45, 2.75) is 31.4 Å². The molecule has 2 aliphatic rings. The van der Waals surface area contributed by atoms with E-state index in [9.17, 15) is 0 Å². The maximum Gasteiger partial charge on any atom is 0.161 e. The van der Waals surface area contributed by atoms with Crippen LogP contribution >= 0.6 is 11.3 Å². The van der Waals surface area contributed by atoms with Gasteiger partial charge in [0.1, 0.15) is 12.7 Å². The topological polar surface area (TPSA) is 30.5 Å². The van der Waals surface area contributed by atoms with Gasteiger partial charge in [0.15, 0.2) is 11.5 Å². The van der Waals surface area contributed by atoms with Crippen molar-refractivity contribution < 1.29 is 9.47 Å². The third kappa shape index (κ3) is 2.65. The highest BCUT2D eigenvalue weighted by Gasteiger charge is 2.24. The molecule has 4 rings (SSSR count). The summed E-state index contributed by atoms with van der Waals surface area (Å²) in [5.41, 5.74) is 1.49. The highest BCUT2D eigenvalue weighted by Crippen LogP contribution is 2.34. The van der Waals surface area contributed by atoms with E-state index in [1.54, 1.807) is 4.88 Å². The summed E-state index contributed by atoms with van der Waals surface area (Å²) in [6.07, 6.45) is 3.81. The van der Waals surface area contributed by atoms with Crippen molar-refractivity contribution in [3.63, 3.8) is 0 Å². The normalized spacial score (nSPS) is 23.6. The minimum absolute atomic E-state index is 0.0870. The van der Waals surface area contributed by atoms with E-state index in [0.29, 0.717) is 12.6 Å².